The van der Waals surface area contributed by atoms with Gasteiger partial charge in [-0.25, -0.2) is 13.2 Å². The molecule has 3 aliphatic rings. The molecule has 1 spiro atoms. The lowest BCUT2D eigenvalue weighted by atomic mass is 9.84. The van der Waals surface area contributed by atoms with Crippen LogP contribution in [0.1, 0.15) is 31.2 Å². The van der Waals surface area contributed by atoms with E-state index >= 15 is 0 Å². The van der Waals surface area contributed by atoms with E-state index in [1.807, 2.05) is 0 Å². The number of benzene rings is 2. The summed E-state index contributed by atoms with van der Waals surface area (Å²) in [5.74, 6) is -0.549. The molecule has 2 aromatic rings. The maximum atomic E-state index is 13.3. The number of ether oxygens (including phenoxy) is 1. The number of rotatable bonds is 5. The van der Waals surface area contributed by atoms with Crippen molar-refractivity contribution in [3.05, 3.63) is 54.1 Å². The quantitative estimate of drug-likeness (QED) is 0.608. The van der Waals surface area contributed by atoms with E-state index < -0.39 is 40.0 Å². The second kappa shape index (κ2) is 8.97. The molecule has 35 heavy (non-hydrogen) atoms. The predicted molar refractivity (Wildman–Crippen MR) is 126 cm³/mol. The highest BCUT2D eigenvalue weighted by molar-refractivity contribution is 7.89. The van der Waals surface area contributed by atoms with Crippen LogP contribution in [0.2, 0.25) is 0 Å². The van der Waals surface area contributed by atoms with E-state index in [-0.39, 0.29) is 17.9 Å². The largest absolute Gasteiger partial charge is 0.493 e. The molecular formula is C24H26N4O6S. The topological polar surface area (TPSA) is 125 Å². The highest BCUT2D eigenvalue weighted by atomic mass is 32.2. The monoisotopic (exact) mass is 498 g/mol. The first kappa shape index (κ1) is 23.3. The number of nitrogens with zero attached hydrogens (tertiary/aromatic N) is 2. The summed E-state index contributed by atoms with van der Waals surface area (Å²) in [4.78, 5) is 39.7. The third-order valence-corrected chi connectivity index (χ3v) is 8.56. The number of anilines is 1. The number of hydrogen-bond donors (Lipinski definition) is 2. The molecule has 4 amide bonds. The Hall–Kier alpha value is -3.44. The molecule has 0 saturated carbocycles. The average Bonchev–Trinajstić information content (AvgIpc) is 3.09. The molecule has 2 aromatic carbocycles. The Morgan fingerprint density at radius 3 is 2.49 bits per heavy atom. The number of fused-ring (bicyclic) bond motifs is 2. The van der Waals surface area contributed by atoms with E-state index in [9.17, 15) is 22.8 Å². The normalized spacial score (nSPS) is 22.5. The highest BCUT2D eigenvalue weighted by Gasteiger charge is 2.55. The Morgan fingerprint density at radius 2 is 1.74 bits per heavy atom. The zero-order valence-electron chi connectivity index (χ0n) is 19.0. The summed E-state index contributed by atoms with van der Waals surface area (Å²) in [5.41, 5.74) is -0.319. The number of hydrogen-bond acceptors (Lipinski definition) is 6. The first-order valence-corrected chi connectivity index (χ1v) is 13.0. The molecule has 2 N–H and O–H groups in total. The van der Waals surface area contributed by atoms with Gasteiger partial charge in [0.05, 0.1) is 11.5 Å². The zero-order chi connectivity index (χ0) is 24.6. The van der Waals surface area contributed by atoms with E-state index in [1.165, 1.54) is 28.6 Å². The molecule has 3 heterocycles. The van der Waals surface area contributed by atoms with Crippen molar-refractivity contribution in [1.29, 1.82) is 0 Å². The molecule has 1 atom stereocenters. The Labute approximate surface area is 203 Å². The Balaban J connectivity index is 1.26. The van der Waals surface area contributed by atoms with Crippen LogP contribution in [0.4, 0.5) is 10.5 Å². The van der Waals surface area contributed by atoms with Crippen LogP contribution in [-0.4, -0.2) is 61.7 Å². The van der Waals surface area contributed by atoms with E-state index in [4.69, 9.17) is 4.74 Å². The highest BCUT2D eigenvalue weighted by Crippen LogP contribution is 2.40. The second-order valence-electron chi connectivity index (χ2n) is 8.86. The molecule has 184 valence electrons. The van der Waals surface area contributed by atoms with Crippen molar-refractivity contribution in [1.82, 2.24) is 14.5 Å². The van der Waals surface area contributed by atoms with Crippen molar-refractivity contribution in [3.8, 4) is 5.75 Å². The van der Waals surface area contributed by atoms with Crippen LogP contribution in [0.25, 0.3) is 0 Å². The maximum absolute atomic E-state index is 13.3. The van der Waals surface area contributed by atoms with Crippen LogP contribution < -0.4 is 15.4 Å². The summed E-state index contributed by atoms with van der Waals surface area (Å²) in [6.45, 7) is 0.800. The van der Waals surface area contributed by atoms with Crippen molar-refractivity contribution in [3.63, 3.8) is 0 Å². The van der Waals surface area contributed by atoms with Crippen molar-refractivity contribution >= 4 is 33.6 Å². The maximum Gasteiger partial charge on any atom is 0.325 e. The SMILES string of the molecule is O=C(CN1C(=O)N[C@@]2(CCOc3ccccc32)C1=O)Nc1ccc(S(=O)(=O)N2CCCCC2)cc1. The fourth-order valence-electron chi connectivity index (χ4n) is 4.82. The Bertz CT molecular complexity index is 1270. The molecule has 3 aliphatic heterocycles. The van der Waals surface area contributed by atoms with Gasteiger partial charge in [0.1, 0.15) is 12.3 Å². The molecule has 11 heteroatoms. The summed E-state index contributed by atoms with van der Waals surface area (Å²) < 4.78 is 32.7. The van der Waals surface area contributed by atoms with Crippen LogP contribution in [-0.2, 0) is 25.2 Å². The Morgan fingerprint density at radius 1 is 1.03 bits per heavy atom. The first-order valence-electron chi connectivity index (χ1n) is 11.6. The van der Waals surface area contributed by atoms with E-state index in [0.717, 1.165) is 24.2 Å². The van der Waals surface area contributed by atoms with Gasteiger partial charge in [-0.15, -0.1) is 0 Å². The van der Waals surface area contributed by atoms with Gasteiger partial charge in [0.25, 0.3) is 5.91 Å². The summed E-state index contributed by atoms with van der Waals surface area (Å²) in [5, 5.41) is 5.39. The van der Waals surface area contributed by atoms with E-state index in [2.05, 4.69) is 10.6 Å². The van der Waals surface area contributed by atoms with Gasteiger partial charge >= 0.3 is 6.03 Å². The lowest BCUT2D eigenvalue weighted by Crippen LogP contribution is -2.48. The summed E-state index contributed by atoms with van der Waals surface area (Å²) in [7, 11) is -3.58. The van der Waals surface area contributed by atoms with Gasteiger partial charge in [0, 0.05) is 30.8 Å². The number of piperidine rings is 1. The number of urea groups is 1. The van der Waals surface area contributed by atoms with Gasteiger partial charge in [-0.2, -0.15) is 4.31 Å². The number of carbonyl (C=O) groups excluding carboxylic acids is 3. The van der Waals surface area contributed by atoms with Crippen molar-refractivity contribution < 1.29 is 27.5 Å². The van der Waals surface area contributed by atoms with Crippen molar-refractivity contribution in [2.75, 3.05) is 31.6 Å². The molecule has 2 fully saturated rings. The summed E-state index contributed by atoms with van der Waals surface area (Å²) in [6, 6.07) is 12.3. The lowest BCUT2D eigenvalue weighted by Gasteiger charge is -2.33. The number of sulfonamides is 1. The van der Waals surface area contributed by atoms with Gasteiger partial charge in [0.15, 0.2) is 5.54 Å². The van der Waals surface area contributed by atoms with Crippen LogP contribution in [0.5, 0.6) is 5.75 Å². The molecule has 0 aromatic heterocycles. The van der Waals surface area contributed by atoms with Gasteiger partial charge < -0.3 is 15.4 Å². The van der Waals surface area contributed by atoms with Crippen LogP contribution >= 0.6 is 0 Å². The average molecular weight is 499 g/mol. The minimum absolute atomic E-state index is 0.159. The fourth-order valence-corrected chi connectivity index (χ4v) is 6.34. The number of carbonyl (C=O) groups is 3. The minimum Gasteiger partial charge on any atom is -0.493 e. The van der Waals surface area contributed by atoms with Gasteiger partial charge in [-0.1, -0.05) is 24.6 Å². The second-order valence-corrected chi connectivity index (χ2v) is 10.8. The fraction of sp³-hybridized carbons (Fsp3) is 0.375. The molecule has 5 rings (SSSR count). The number of nitrogens with one attached hydrogen (secondary N) is 2. The molecule has 0 radical (unpaired) electrons. The smallest absolute Gasteiger partial charge is 0.325 e. The third-order valence-electron chi connectivity index (χ3n) is 6.65. The molecular weight excluding hydrogens is 472 g/mol. The first-order chi connectivity index (χ1) is 16.8. The van der Waals surface area contributed by atoms with Crippen LogP contribution in [0.15, 0.2) is 53.4 Å². The summed E-state index contributed by atoms with van der Waals surface area (Å²) in [6.07, 6.45) is 2.97. The van der Waals surface area contributed by atoms with Crippen molar-refractivity contribution in [2.45, 2.75) is 36.1 Å². The van der Waals surface area contributed by atoms with Gasteiger partial charge in [-0.05, 0) is 43.2 Å². The number of imide groups is 1. The van der Waals surface area contributed by atoms with Gasteiger partial charge in [-0.3, -0.25) is 14.5 Å². The minimum atomic E-state index is -3.58. The number of amides is 4. The van der Waals surface area contributed by atoms with Crippen LogP contribution in [0, 0.1) is 0 Å². The van der Waals surface area contributed by atoms with Crippen molar-refractivity contribution in [2.24, 2.45) is 0 Å². The third kappa shape index (κ3) is 4.14. The molecule has 0 unspecified atom stereocenters. The van der Waals surface area contributed by atoms with Gasteiger partial charge in [0.2, 0.25) is 15.9 Å². The van der Waals surface area contributed by atoms with E-state index in [1.54, 1.807) is 24.3 Å². The predicted octanol–water partition coefficient (Wildman–Crippen LogP) is 2.03. The van der Waals surface area contributed by atoms with Crippen LogP contribution in [0.3, 0.4) is 0 Å². The molecule has 0 aliphatic carbocycles. The summed E-state index contributed by atoms with van der Waals surface area (Å²) >= 11 is 0. The van der Waals surface area contributed by atoms with E-state index in [0.29, 0.717) is 30.1 Å². The number of para-hydroxylation sites is 1. The molecule has 2 saturated heterocycles. The molecule has 10 nitrogen and oxygen atoms in total. The lowest BCUT2D eigenvalue weighted by molar-refractivity contribution is -0.135. The standard InChI is InChI=1S/C24H26N4O6S/c29-21(25-17-8-10-18(11-9-17)35(32,33)27-13-4-1-5-14-27)16-28-22(30)24(26-23(28)31)12-15-34-20-7-3-2-6-19(20)24/h2-3,6-11H,1,4-5,12-16H2,(H,25,29)(H,26,31)/t24-/m1/s1. The Kier molecular flexibility index (Phi) is 5.97. The molecule has 0 bridgehead atoms. The zero-order valence-corrected chi connectivity index (χ0v) is 19.8.